The Labute approximate surface area is 225 Å². The minimum atomic E-state index is -1.01. The van der Waals surface area contributed by atoms with Crippen LogP contribution < -0.4 is 10.1 Å². The Bertz CT molecular complexity index is 1080. The number of benzene rings is 2. The van der Waals surface area contributed by atoms with Gasteiger partial charge in [-0.3, -0.25) is 4.79 Å². The highest BCUT2D eigenvalue weighted by molar-refractivity contribution is 5.82. The summed E-state index contributed by atoms with van der Waals surface area (Å²) in [7, 11) is 3.38. The first-order chi connectivity index (χ1) is 18.6. The highest BCUT2D eigenvalue weighted by atomic mass is 16.6. The molecule has 1 saturated carbocycles. The van der Waals surface area contributed by atoms with E-state index in [2.05, 4.69) is 17.4 Å². The summed E-state index contributed by atoms with van der Waals surface area (Å²) in [6.45, 7) is 3.45. The topological polar surface area (TPSA) is 89.5 Å². The van der Waals surface area contributed by atoms with Crippen molar-refractivity contribution in [3.63, 3.8) is 0 Å². The Morgan fingerprint density at radius 2 is 1.89 bits per heavy atom. The van der Waals surface area contributed by atoms with Crippen LogP contribution in [0.25, 0.3) is 0 Å². The monoisotopic (exact) mass is 524 g/mol. The largest absolute Gasteiger partial charge is 0.491 e. The number of piperidine rings is 1. The average molecular weight is 525 g/mol. The molecular formula is C30H40N2O6. The fourth-order valence-electron chi connectivity index (χ4n) is 5.91. The minimum Gasteiger partial charge on any atom is -0.491 e. The number of hydrogen-bond acceptors (Lipinski definition) is 7. The van der Waals surface area contributed by atoms with E-state index in [1.807, 2.05) is 35.2 Å². The smallest absolute Gasteiger partial charge is 0.230 e. The number of nitrogens with one attached hydrogen (secondary N) is 1. The minimum absolute atomic E-state index is 0.0789. The van der Waals surface area contributed by atoms with Gasteiger partial charge in [-0.2, -0.15) is 0 Å². The number of amides is 1. The zero-order valence-electron chi connectivity index (χ0n) is 22.5. The molecule has 8 heteroatoms. The molecule has 1 unspecified atom stereocenters. The number of ether oxygens (including phenoxy) is 4. The third-order valence-electron chi connectivity index (χ3n) is 7.91. The first-order valence-electron chi connectivity index (χ1n) is 13.8. The van der Waals surface area contributed by atoms with Crippen LogP contribution in [0, 0.1) is 5.92 Å². The van der Waals surface area contributed by atoms with Crippen LogP contribution in [0.1, 0.15) is 54.2 Å². The molecule has 1 aliphatic carbocycles. The lowest BCUT2D eigenvalue weighted by Gasteiger charge is -2.43. The zero-order chi connectivity index (χ0) is 26.5. The van der Waals surface area contributed by atoms with Gasteiger partial charge in [0.1, 0.15) is 18.0 Å². The number of fused-ring (bicyclic) bond motifs is 2. The average Bonchev–Trinajstić information content (AvgIpc) is 3.73. The van der Waals surface area contributed by atoms with Crippen molar-refractivity contribution in [2.24, 2.45) is 5.92 Å². The molecule has 206 valence electrons. The maximum atomic E-state index is 14.3. The molecule has 2 fully saturated rings. The maximum Gasteiger partial charge on any atom is 0.230 e. The third kappa shape index (κ3) is 5.75. The van der Waals surface area contributed by atoms with E-state index >= 15 is 0 Å². The second kappa shape index (κ2) is 12.1. The summed E-state index contributed by atoms with van der Waals surface area (Å²) in [6.07, 6.45) is 3.43. The molecule has 2 heterocycles. The SMILES string of the molecule is COCCCc1cc(CN(C(=O)[C@H]2CNCC[C@@]23OC(O)c2ccccc23)C2CC2)cc(OCCOC)c1. The normalized spacial score (nSPS) is 24.4. The first-order valence-corrected chi connectivity index (χ1v) is 13.8. The van der Waals surface area contributed by atoms with E-state index in [0.29, 0.717) is 39.3 Å². The van der Waals surface area contributed by atoms with Gasteiger partial charge in [-0.1, -0.05) is 30.3 Å². The van der Waals surface area contributed by atoms with Gasteiger partial charge in [-0.15, -0.1) is 0 Å². The summed E-state index contributed by atoms with van der Waals surface area (Å²) in [4.78, 5) is 16.3. The van der Waals surface area contributed by atoms with Crippen molar-refractivity contribution in [3.8, 4) is 5.75 Å². The van der Waals surface area contributed by atoms with Crippen molar-refractivity contribution in [2.75, 3.05) is 47.1 Å². The summed E-state index contributed by atoms with van der Waals surface area (Å²) in [6, 6.07) is 14.3. The Hall–Kier alpha value is -2.49. The van der Waals surface area contributed by atoms with E-state index in [4.69, 9.17) is 18.9 Å². The summed E-state index contributed by atoms with van der Waals surface area (Å²) in [5, 5.41) is 14.1. The third-order valence-corrected chi connectivity index (χ3v) is 7.91. The van der Waals surface area contributed by atoms with E-state index < -0.39 is 17.8 Å². The Kier molecular flexibility index (Phi) is 8.65. The van der Waals surface area contributed by atoms with Gasteiger partial charge >= 0.3 is 0 Å². The van der Waals surface area contributed by atoms with Crippen molar-refractivity contribution >= 4 is 5.91 Å². The molecule has 8 nitrogen and oxygen atoms in total. The van der Waals surface area contributed by atoms with E-state index in [0.717, 1.165) is 54.7 Å². The lowest BCUT2D eigenvalue weighted by atomic mass is 9.75. The molecule has 0 aromatic heterocycles. The molecule has 2 N–H and O–H groups in total. The molecular weight excluding hydrogens is 484 g/mol. The number of nitrogens with zero attached hydrogens (tertiary/aromatic N) is 1. The van der Waals surface area contributed by atoms with Crippen molar-refractivity contribution in [3.05, 3.63) is 64.7 Å². The highest BCUT2D eigenvalue weighted by Crippen LogP contribution is 2.51. The standard InChI is InChI=1S/C30H40N2O6/c1-35-13-5-6-21-16-22(18-24(17-21)37-15-14-36-2)20-32(23-9-10-23)28(33)27-19-31-12-11-30(27)26-8-4-3-7-25(26)29(34)38-30/h3-4,7-8,16-18,23,27,29,31,34H,5-6,9-15,19-20H2,1-2H3/t27-,29?,30+/m1/s1. The van der Waals surface area contributed by atoms with Crippen LogP contribution in [0.3, 0.4) is 0 Å². The van der Waals surface area contributed by atoms with Crippen molar-refractivity contribution in [2.45, 2.75) is 56.6 Å². The summed E-state index contributed by atoms with van der Waals surface area (Å²) in [5.41, 5.74) is 3.12. The fraction of sp³-hybridized carbons (Fsp3) is 0.567. The molecule has 3 atom stereocenters. The summed E-state index contributed by atoms with van der Waals surface area (Å²) < 4.78 is 22.6. The van der Waals surface area contributed by atoms with Gasteiger partial charge in [-0.25, -0.2) is 0 Å². The molecule has 5 rings (SSSR count). The maximum absolute atomic E-state index is 14.3. The first kappa shape index (κ1) is 27.1. The van der Waals surface area contributed by atoms with E-state index in [1.165, 1.54) is 5.56 Å². The number of carbonyl (C=O) groups is 1. The zero-order valence-corrected chi connectivity index (χ0v) is 22.5. The van der Waals surface area contributed by atoms with Gasteiger partial charge in [-0.05, 0) is 67.5 Å². The Balaban J connectivity index is 1.41. The second-order valence-corrected chi connectivity index (χ2v) is 10.6. The lowest BCUT2D eigenvalue weighted by molar-refractivity contribution is -0.206. The van der Waals surface area contributed by atoms with Gasteiger partial charge < -0.3 is 34.3 Å². The van der Waals surface area contributed by atoms with E-state index in [-0.39, 0.29) is 11.9 Å². The van der Waals surface area contributed by atoms with Crippen LogP contribution in [-0.2, 0) is 37.6 Å². The van der Waals surface area contributed by atoms with Crippen molar-refractivity contribution in [1.82, 2.24) is 10.2 Å². The van der Waals surface area contributed by atoms with Crippen LogP contribution in [0.15, 0.2) is 42.5 Å². The Morgan fingerprint density at radius 1 is 1.11 bits per heavy atom. The molecule has 1 spiro atoms. The van der Waals surface area contributed by atoms with Crippen LogP contribution in [0.5, 0.6) is 5.75 Å². The molecule has 1 saturated heterocycles. The van der Waals surface area contributed by atoms with Crippen LogP contribution in [0.4, 0.5) is 0 Å². The number of carbonyl (C=O) groups excluding carboxylic acids is 1. The van der Waals surface area contributed by atoms with Gasteiger partial charge in [0, 0.05) is 45.5 Å². The second-order valence-electron chi connectivity index (χ2n) is 10.6. The van der Waals surface area contributed by atoms with Crippen LogP contribution in [0.2, 0.25) is 0 Å². The lowest BCUT2D eigenvalue weighted by Crippen LogP contribution is -2.55. The van der Waals surface area contributed by atoms with Gasteiger partial charge in [0.2, 0.25) is 5.91 Å². The summed E-state index contributed by atoms with van der Waals surface area (Å²) in [5.74, 6) is 0.454. The van der Waals surface area contributed by atoms with Crippen molar-refractivity contribution in [1.29, 1.82) is 0 Å². The van der Waals surface area contributed by atoms with Crippen molar-refractivity contribution < 1.29 is 28.8 Å². The molecule has 2 aliphatic heterocycles. The molecule has 0 radical (unpaired) electrons. The quantitative estimate of drug-likeness (QED) is 0.412. The highest BCUT2D eigenvalue weighted by Gasteiger charge is 2.55. The Morgan fingerprint density at radius 3 is 2.68 bits per heavy atom. The molecule has 2 aromatic carbocycles. The predicted octanol–water partition coefficient (Wildman–Crippen LogP) is 3.31. The molecule has 38 heavy (non-hydrogen) atoms. The molecule has 3 aliphatic rings. The molecule has 2 aromatic rings. The van der Waals surface area contributed by atoms with Gasteiger partial charge in [0.25, 0.3) is 0 Å². The molecule has 1 amide bonds. The van der Waals surface area contributed by atoms with Crippen LogP contribution in [-0.4, -0.2) is 69.1 Å². The summed E-state index contributed by atoms with van der Waals surface area (Å²) >= 11 is 0. The fourth-order valence-corrected chi connectivity index (χ4v) is 5.91. The number of rotatable bonds is 12. The number of aryl methyl sites for hydroxylation is 1. The number of hydrogen-bond donors (Lipinski definition) is 2. The van der Waals surface area contributed by atoms with E-state index in [1.54, 1.807) is 14.2 Å². The number of methoxy groups -OCH3 is 2. The van der Waals surface area contributed by atoms with Crippen LogP contribution >= 0.6 is 0 Å². The van der Waals surface area contributed by atoms with Gasteiger partial charge in [0.05, 0.1) is 12.5 Å². The van der Waals surface area contributed by atoms with Gasteiger partial charge in [0.15, 0.2) is 6.29 Å². The van der Waals surface area contributed by atoms with E-state index in [9.17, 15) is 9.90 Å². The number of aliphatic hydroxyl groups is 1. The predicted molar refractivity (Wildman–Crippen MR) is 143 cm³/mol. The molecule has 0 bridgehead atoms. The number of aliphatic hydroxyl groups excluding tert-OH is 1.